The third-order valence-electron chi connectivity index (χ3n) is 3.81. The molecule has 116 valence electrons. The molecule has 1 fully saturated rings. The lowest BCUT2D eigenvalue weighted by Crippen LogP contribution is -2.49. The van der Waals surface area contributed by atoms with Crippen LogP contribution in [0.4, 0.5) is 10.1 Å². The predicted octanol–water partition coefficient (Wildman–Crippen LogP) is 3.43. The molecule has 2 heterocycles. The van der Waals surface area contributed by atoms with E-state index in [0.29, 0.717) is 19.5 Å². The van der Waals surface area contributed by atoms with Crippen molar-refractivity contribution < 1.29 is 9.18 Å². The van der Waals surface area contributed by atoms with Crippen LogP contribution in [0.25, 0.3) is 0 Å². The number of nitrogens with zero attached hydrogens (tertiary/aromatic N) is 2. The average molecular weight is 339 g/mol. The van der Waals surface area contributed by atoms with Gasteiger partial charge in [-0.15, -0.1) is 11.3 Å². The van der Waals surface area contributed by atoms with Gasteiger partial charge in [0.25, 0.3) is 0 Å². The molecule has 0 saturated carbocycles. The lowest BCUT2D eigenvalue weighted by atomic mass is 10.2. The maximum absolute atomic E-state index is 13.2. The molecule has 3 rings (SSSR count). The summed E-state index contributed by atoms with van der Waals surface area (Å²) < 4.78 is 13.2. The molecule has 0 atom stereocenters. The summed E-state index contributed by atoms with van der Waals surface area (Å²) in [4.78, 5) is 17.4. The van der Waals surface area contributed by atoms with Crippen LogP contribution in [0.2, 0.25) is 5.02 Å². The Labute approximate surface area is 137 Å². The normalized spacial score (nSPS) is 15.2. The molecule has 1 saturated heterocycles. The zero-order valence-corrected chi connectivity index (χ0v) is 13.5. The fourth-order valence-electron chi connectivity index (χ4n) is 2.57. The van der Waals surface area contributed by atoms with Crippen LogP contribution in [0.15, 0.2) is 35.7 Å². The van der Waals surface area contributed by atoms with Crippen LogP contribution in [0.1, 0.15) is 4.88 Å². The number of hydrogen-bond donors (Lipinski definition) is 0. The van der Waals surface area contributed by atoms with E-state index in [1.165, 1.54) is 6.07 Å². The Kier molecular flexibility index (Phi) is 4.64. The average Bonchev–Trinajstić information content (AvgIpc) is 3.03. The van der Waals surface area contributed by atoms with Gasteiger partial charge < -0.3 is 9.80 Å². The summed E-state index contributed by atoms with van der Waals surface area (Å²) in [5.41, 5.74) is 0.900. The Morgan fingerprint density at radius 2 is 2.00 bits per heavy atom. The quantitative estimate of drug-likeness (QED) is 0.856. The highest BCUT2D eigenvalue weighted by Gasteiger charge is 2.22. The third-order valence-corrected chi connectivity index (χ3v) is 4.97. The SMILES string of the molecule is O=C(Cc1cccs1)N1CCN(c2ccc(F)c(Cl)c2)CC1. The van der Waals surface area contributed by atoms with Crippen LogP contribution in [0.5, 0.6) is 0 Å². The summed E-state index contributed by atoms with van der Waals surface area (Å²) in [5, 5.41) is 2.12. The van der Waals surface area contributed by atoms with Crippen molar-refractivity contribution in [2.24, 2.45) is 0 Å². The Hall–Kier alpha value is -1.59. The van der Waals surface area contributed by atoms with E-state index in [0.717, 1.165) is 23.7 Å². The smallest absolute Gasteiger partial charge is 0.227 e. The summed E-state index contributed by atoms with van der Waals surface area (Å²) in [6, 6.07) is 8.69. The predicted molar refractivity (Wildman–Crippen MR) is 88.2 cm³/mol. The Balaban J connectivity index is 1.57. The molecule has 0 unspecified atom stereocenters. The first-order valence-corrected chi connectivity index (χ1v) is 8.39. The minimum atomic E-state index is -0.407. The lowest BCUT2D eigenvalue weighted by Gasteiger charge is -2.36. The first kappa shape index (κ1) is 15.3. The van der Waals surface area contributed by atoms with Crippen molar-refractivity contribution in [2.45, 2.75) is 6.42 Å². The second-order valence-electron chi connectivity index (χ2n) is 5.22. The molecule has 1 aliphatic rings. The number of anilines is 1. The number of amides is 1. The molecule has 3 nitrogen and oxygen atoms in total. The maximum Gasteiger partial charge on any atom is 0.227 e. The van der Waals surface area contributed by atoms with Crippen LogP contribution in [0.3, 0.4) is 0 Å². The molecule has 1 amide bonds. The zero-order chi connectivity index (χ0) is 15.5. The number of piperazine rings is 1. The molecule has 0 aliphatic carbocycles. The van der Waals surface area contributed by atoms with Crippen molar-refractivity contribution in [3.05, 3.63) is 51.4 Å². The Bertz CT molecular complexity index is 654. The topological polar surface area (TPSA) is 23.6 Å². The number of thiophene rings is 1. The van der Waals surface area contributed by atoms with Gasteiger partial charge in [-0.05, 0) is 29.6 Å². The van der Waals surface area contributed by atoms with Gasteiger partial charge in [0, 0.05) is 36.7 Å². The number of carbonyl (C=O) groups is 1. The minimum absolute atomic E-state index is 0.133. The van der Waals surface area contributed by atoms with Crippen LogP contribution in [-0.2, 0) is 11.2 Å². The van der Waals surface area contributed by atoms with Gasteiger partial charge in [-0.2, -0.15) is 0 Å². The van der Waals surface area contributed by atoms with Crippen molar-refractivity contribution in [2.75, 3.05) is 31.1 Å². The molecule has 1 aromatic heterocycles. The molecule has 1 aliphatic heterocycles. The van der Waals surface area contributed by atoms with Gasteiger partial charge in [0.15, 0.2) is 0 Å². The maximum atomic E-state index is 13.2. The van der Waals surface area contributed by atoms with Crippen molar-refractivity contribution in [1.82, 2.24) is 4.90 Å². The van der Waals surface area contributed by atoms with Crippen LogP contribution < -0.4 is 4.90 Å². The van der Waals surface area contributed by atoms with Gasteiger partial charge in [-0.25, -0.2) is 4.39 Å². The van der Waals surface area contributed by atoms with Gasteiger partial charge in [0.05, 0.1) is 11.4 Å². The summed E-state index contributed by atoms with van der Waals surface area (Å²) in [6.07, 6.45) is 0.472. The minimum Gasteiger partial charge on any atom is -0.368 e. The zero-order valence-electron chi connectivity index (χ0n) is 12.0. The third kappa shape index (κ3) is 3.42. The van der Waals surface area contributed by atoms with Crippen molar-refractivity contribution >= 4 is 34.5 Å². The molecule has 2 aromatic rings. The molecule has 0 spiro atoms. The molecule has 0 radical (unpaired) electrons. The van der Waals surface area contributed by atoms with Gasteiger partial charge in [-0.1, -0.05) is 17.7 Å². The van der Waals surface area contributed by atoms with Crippen LogP contribution >= 0.6 is 22.9 Å². The van der Waals surface area contributed by atoms with E-state index >= 15 is 0 Å². The standard InChI is InChI=1S/C16H16ClFN2OS/c17-14-10-12(3-4-15(14)18)19-5-7-20(8-6-19)16(21)11-13-2-1-9-22-13/h1-4,9-10H,5-8,11H2. The van der Waals surface area contributed by atoms with Gasteiger partial charge in [0.2, 0.25) is 5.91 Å². The first-order valence-electron chi connectivity index (χ1n) is 7.13. The van der Waals surface area contributed by atoms with Gasteiger partial charge in [0.1, 0.15) is 5.82 Å². The van der Waals surface area contributed by atoms with Crippen LogP contribution in [-0.4, -0.2) is 37.0 Å². The van der Waals surface area contributed by atoms with E-state index in [9.17, 15) is 9.18 Å². The van der Waals surface area contributed by atoms with Gasteiger partial charge >= 0.3 is 0 Å². The van der Waals surface area contributed by atoms with E-state index in [-0.39, 0.29) is 10.9 Å². The summed E-state index contributed by atoms with van der Waals surface area (Å²) in [7, 11) is 0. The van der Waals surface area contributed by atoms with Gasteiger partial charge in [-0.3, -0.25) is 4.79 Å². The molecule has 0 bridgehead atoms. The fraction of sp³-hybridized carbons (Fsp3) is 0.312. The highest BCUT2D eigenvalue weighted by molar-refractivity contribution is 7.10. The van der Waals surface area contributed by atoms with Crippen molar-refractivity contribution in [1.29, 1.82) is 0 Å². The molecular weight excluding hydrogens is 323 g/mol. The molecule has 0 N–H and O–H groups in total. The largest absolute Gasteiger partial charge is 0.368 e. The number of halogens is 2. The number of rotatable bonds is 3. The summed E-state index contributed by atoms with van der Waals surface area (Å²) in [5.74, 6) is -0.241. The Morgan fingerprint density at radius 1 is 1.23 bits per heavy atom. The highest BCUT2D eigenvalue weighted by Crippen LogP contribution is 2.23. The fourth-order valence-corrected chi connectivity index (χ4v) is 3.44. The molecule has 1 aromatic carbocycles. The van der Waals surface area contributed by atoms with Crippen molar-refractivity contribution in [3.8, 4) is 0 Å². The summed E-state index contributed by atoms with van der Waals surface area (Å²) in [6.45, 7) is 2.83. The highest BCUT2D eigenvalue weighted by atomic mass is 35.5. The molecule has 6 heteroatoms. The number of hydrogen-bond acceptors (Lipinski definition) is 3. The van der Waals surface area contributed by atoms with Crippen molar-refractivity contribution in [3.63, 3.8) is 0 Å². The first-order chi connectivity index (χ1) is 10.6. The second kappa shape index (κ2) is 6.67. The molecular formula is C16H16ClFN2OS. The summed E-state index contributed by atoms with van der Waals surface area (Å²) >= 11 is 7.43. The van der Waals surface area contributed by atoms with E-state index < -0.39 is 5.82 Å². The monoisotopic (exact) mass is 338 g/mol. The van der Waals surface area contributed by atoms with E-state index in [4.69, 9.17) is 11.6 Å². The lowest BCUT2D eigenvalue weighted by molar-refractivity contribution is -0.130. The Morgan fingerprint density at radius 3 is 2.64 bits per heavy atom. The van der Waals surface area contributed by atoms with E-state index in [1.54, 1.807) is 23.5 Å². The van der Waals surface area contributed by atoms with E-state index in [1.807, 2.05) is 22.4 Å². The van der Waals surface area contributed by atoms with Crippen LogP contribution in [0, 0.1) is 5.82 Å². The van der Waals surface area contributed by atoms with E-state index in [2.05, 4.69) is 4.90 Å². The molecule has 22 heavy (non-hydrogen) atoms. The number of carbonyl (C=O) groups excluding carboxylic acids is 1. The second-order valence-corrected chi connectivity index (χ2v) is 6.66. The number of benzene rings is 1.